The van der Waals surface area contributed by atoms with Gasteiger partial charge in [-0.15, -0.1) is 0 Å². The maximum absolute atomic E-state index is 9.51. The summed E-state index contributed by atoms with van der Waals surface area (Å²) < 4.78 is 0. The molecule has 3 rings (SSSR count). The molecule has 3 aliphatic rings. The number of hydrogen-bond donors (Lipinski definition) is 0. The van der Waals surface area contributed by atoms with Gasteiger partial charge in [0.15, 0.2) is 0 Å². The lowest BCUT2D eigenvalue weighted by molar-refractivity contribution is 0.166. The summed E-state index contributed by atoms with van der Waals surface area (Å²) in [6, 6.07) is 3.38. The third kappa shape index (κ3) is 2.30. The number of azo groups is 1. The molecule has 2 aliphatic carbocycles. The molecule has 5 atom stereocenters. The molecule has 3 nitrogen and oxygen atoms in total. The summed E-state index contributed by atoms with van der Waals surface area (Å²) in [6.45, 7) is 0. The van der Waals surface area contributed by atoms with Crippen LogP contribution in [0, 0.1) is 29.1 Å². The van der Waals surface area contributed by atoms with Crippen LogP contribution >= 0.6 is 0 Å². The van der Waals surface area contributed by atoms with Gasteiger partial charge in [-0.2, -0.15) is 15.5 Å². The molecule has 0 saturated heterocycles. The lowest BCUT2D eigenvalue weighted by Crippen LogP contribution is -2.35. The van der Waals surface area contributed by atoms with E-state index in [9.17, 15) is 5.26 Å². The summed E-state index contributed by atoms with van der Waals surface area (Å²) >= 11 is 0. The highest BCUT2D eigenvalue weighted by molar-refractivity contribution is 4.99. The van der Waals surface area contributed by atoms with E-state index in [1.807, 2.05) is 0 Å². The van der Waals surface area contributed by atoms with Gasteiger partial charge in [0.05, 0.1) is 24.1 Å². The van der Waals surface area contributed by atoms with E-state index in [1.165, 1.54) is 44.9 Å². The normalized spacial score (nSPS) is 45.8. The van der Waals surface area contributed by atoms with E-state index in [4.69, 9.17) is 0 Å². The van der Waals surface area contributed by atoms with Gasteiger partial charge < -0.3 is 0 Å². The Hall–Kier alpha value is -0.910. The van der Waals surface area contributed by atoms with Gasteiger partial charge in [0.2, 0.25) is 0 Å². The fourth-order valence-electron chi connectivity index (χ4n) is 4.19. The standard InChI is InChI=1S/C15H23N3/c16-10-12-9-11-5-1-3-7-14(11)17-18-15-8-4-2-6-13(12)15/h11-15H,1-9H2/b18-17-. The Labute approximate surface area is 110 Å². The van der Waals surface area contributed by atoms with E-state index in [0.717, 1.165) is 12.8 Å². The first-order chi connectivity index (χ1) is 8.88. The molecule has 5 unspecified atom stereocenters. The zero-order chi connectivity index (χ0) is 12.4. The molecule has 0 amide bonds. The zero-order valence-electron chi connectivity index (χ0n) is 11.1. The highest BCUT2D eigenvalue weighted by Crippen LogP contribution is 2.41. The molecule has 0 bridgehead atoms. The second-order valence-corrected chi connectivity index (χ2v) is 6.33. The van der Waals surface area contributed by atoms with Crippen LogP contribution in [0.3, 0.4) is 0 Å². The second kappa shape index (κ2) is 5.38. The van der Waals surface area contributed by atoms with E-state index in [-0.39, 0.29) is 5.92 Å². The van der Waals surface area contributed by atoms with Gasteiger partial charge in [0, 0.05) is 0 Å². The first-order valence-corrected chi connectivity index (χ1v) is 7.68. The molecule has 2 saturated carbocycles. The van der Waals surface area contributed by atoms with Crippen molar-refractivity contribution in [2.24, 2.45) is 28.0 Å². The summed E-state index contributed by atoms with van der Waals surface area (Å²) in [5.74, 6) is 1.37. The van der Waals surface area contributed by atoms with Gasteiger partial charge >= 0.3 is 0 Å². The number of hydrogen-bond acceptors (Lipinski definition) is 3. The average molecular weight is 245 g/mol. The minimum absolute atomic E-state index is 0.236. The van der Waals surface area contributed by atoms with Crippen LogP contribution in [0.25, 0.3) is 0 Å². The molecule has 0 aromatic rings. The third-order valence-corrected chi connectivity index (χ3v) is 5.25. The van der Waals surface area contributed by atoms with Gasteiger partial charge in [0.1, 0.15) is 0 Å². The lowest BCUT2D eigenvalue weighted by atomic mass is 9.70. The molecule has 0 spiro atoms. The quantitative estimate of drug-likeness (QED) is 0.633. The summed E-state index contributed by atoms with van der Waals surface area (Å²) in [5.41, 5.74) is 0. The van der Waals surface area contributed by atoms with Gasteiger partial charge in [-0.3, -0.25) is 0 Å². The van der Waals surface area contributed by atoms with Crippen molar-refractivity contribution in [1.82, 2.24) is 0 Å². The number of nitriles is 1. The summed E-state index contributed by atoms with van der Waals surface area (Å²) in [6.07, 6.45) is 11.1. The Bertz CT molecular complexity index is 357. The van der Waals surface area contributed by atoms with Crippen molar-refractivity contribution in [3.8, 4) is 6.07 Å². The molecule has 0 aromatic carbocycles. The van der Waals surface area contributed by atoms with Crippen LogP contribution in [-0.2, 0) is 0 Å². The molecule has 3 heteroatoms. The smallest absolute Gasteiger partial charge is 0.0749 e. The van der Waals surface area contributed by atoms with Crippen LogP contribution in [0.4, 0.5) is 0 Å². The van der Waals surface area contributed by atoms with Gasteiger partial charge in [-0.1, -0.05) is 25.7 Å². The highest BCUT2D eigenvalue weighted by Gasteiger charge is 2.38. The van der Waals surface area contributed by atoms with E-state index < -0.39 is 0 Å². The fraction of sp³-hybridized carbons (Fsp3) is 0.933. The molecule has 1 heterocycles. The number of nitrogens with zero attached hydrogens (tertiary/aromatic N) is 3. The molecule has 0 N–H and O–H groups in total. The Morgan fingerprint density at radius 1 is 0.833 bits per heavy atom. The topological polar surface area (TPSA) is 48.5 Å². The first-order valence-electron chi connectivity index (χ1n) is 7.68. The van der Waals surface area contributed by atoms with E-state index in [2.05, 4.69) is 16.3 Å². The van der Waals surface area contributed by atoms with Crippen LogP contribution in [0.5, 0.6) is 0 Å². The fourth-order valence-corrected chi connectivity index (χ4v) is 4.19. The zero-order valence-corrected chi connectivity index (χ0v) is 11.1. The highest BCUT2D eigenvalue weighted by atomic mass is 15.1. The first kappa shape index (κ1) is 12.1. The van der Waals surface area contributed by atoms with Gasteiger partial charge in [-0.25, -0.2) is 0 Å². The largest absolute Gasteiger partial charge is 0.198 e. The second-order valence-electron chi connectivity index (χ2n) is 6.33. The summed E-state index contributed by atoms with van der Waals surface area (Å²) in [4.78, 5) is 0. The van der Waals surface area contributed by atoms with Crippen LogP contribution < -0.4 is 0 Å². The van der Waals surface area contributed by atoms with Crippen LogP contribution in [-0.4, -0.2) is 12.1 Å². The molecular weight excluding hydrogens is 222 g/mol. The van der Waals surface area contributed by atoms with Crippen molar-refractivity contribution in [3.05, 3.63) is 0 Å². The minimum Gasteiger partial charge on any atom is -0.198 e. The molecule has 0 radical (unpaired) electrons. The van der Waals surface area contributed by atoms with Crippen molar-refractivity contribution >= 4 is 0 Å². The van der Waals surface area contributed by atoms with Gasteiger partial charge in [0.25, 0.3) is 0 Å². The van der Waals surface area contributed by atoms with E-state index in [1.54, 1.807) is 0 Å². The molecule has 1 aliphatic heterocycles. The van der Waals surface area contributed by atoms with Crippen LogP contribution in [0.1, 0.15) is 57.8 Å². The van der Waals surface area contributed by atoms with E-state index in [0.29, 0.717) is 23.9 Å². The van der Waals surface area contributed by atoms with Crippen molar-refractivity contribution in [2.45, 2.75) is 69.9 Å². The maximum Gasteiger partial charge on any atom is 0.0749 e. The Morgan fingerprint density at radius 3 is 2.33 bits per heavy atom. The Kier molecular flexibility index (Phi) is 3.63. The predicted octanol–water partition coefficient (Wildman–Crippen LogP) is 4.10. The molecule has 0 aromatic heterocycles. The number of fused-ring (bicyclic) bond motifs is 2. The lowest BCUT2D eigenvalue weighted by Gasteiger charge is -2.38. The average Bonchev–Trinajstić information content (AvgIpc) is 2.41. The van der Waals surface area contributed by atoms with Crippen molar-refractivity contribution in [3.63, 3.8) is 0 Å². The van der Waals surface area contributed by atoms with Crippen LogP contribution in [0.15, 0.2) is 10.2 Å². The van der Waals surface area contributed by atoms with Crippen molar-refractivity contribution < 1.29 is 0 Å². The minimum atomic E-state index is 0.236. The molecule has 18 heavy (non-hydrogen) atoms. The molecular formula is C15H23N3. The summed E-state index contributed by atoms with van der Waals surface area (Å²) in [7, 11) is 0. The molecule has 2 fully saturated rings. The predicted molar refractivity (Wildman–Crippen MR) is 70.1 cm³/mol. The van der Waals surface area contributed by atoms with Crippen molar-refractivity contribution in [2.75, 3.05) is 0 Å². The van der Waals surface area contributed by atoms with Gasteiger partial charge in [-0.05, 0) is 43.9 Å². The summed E-state index contributed by atoms with van der Waals surface area (Å²) in [5, 5.41) is 18.9. The Balaban J connectivity index is 1.84. The van der Waals surface area contributed by atoms with Crippen LogP contribution in [0.2, 0.25) is 0 Å². The molecule has 98 valence electrons. The Morgan fingerprint density at radius 2 is 1.50 bits per heavy atom. The monoisotopic (exact) mass is 245 g/mol. The SMILES string of the molecule is N#CC1CC2CCCCC2/N=N\C2CCCCC12. The van der Waals surface area contributed by atoms with Crippen molar-refractivity contribution in [1.29, 1.82) is 5.26 Å². The number of rotatable bonds is 0. The van der Waals surface area contributed by atoms with E-state index >= 15 is 0 Å². The maximum atomic E-state index is 9.51. The third-order valence-electron chi connectivity index (χ3n) is 5.25.